The third-order valence-corrected chi connectivity index (χ3v) is 11.0. The van der Waals surface area contributed by atoms with Crippen molar-refractivity contribution in [3.8, 4) is 0 Å². The normalized spacial score (nSPS) is 12.1. The van der Waals surface area contributed by atoms with Gasteiger partial charge >= 0.3 is 154 Å². The van der Waals surface area contributed by atoms with Crippen molar-refractivity contribution in [1.82, 2.24) is 0 Å². The summed E-state index contributed by atoms with van der Waals surface area (Å²) in [6.07, 6.45) is 12.8. The molecule has 0 aliphatic carbocycles. The van der Waals surface area contributed by atoms with Crippen molar-refractivity contribution >= 4 is 42.2 Å². The zero-order valence-electron chi connectivity index (χ0n) is 16.2. The van der Waals surface area contributed by atoms with Crippen molar-refractivity contribution in [3.63, 3.8) is 0 Å². The number of halogens is 1. The van der Waals surface area contributed by atoms with Gasteiger partial charge in [-0.25, -0.2) is 0 Å². The van der Waals surface area contributed by atoms with Crippen LogP contribution in [-0.2, 0) is 0 Å². The molecule has 2 heteroatoms. The summed E-state index contributed by atoms with van der Waals surface area (Å²) >= 11 is -0.890. The van der Waals surface area contributed by atoms with Crippen molar-refractivity contribution in [2.75, 3.05) is 0 Å². The second kappa shape index (κ2) is 13.7. The first kappa shape index (κ1) is 22.6. The summed E-state index contributed by atoms with van der Waals surface area (Å²) < 4.78 is 1.73. The molecule has 0 radical (unpaired) electrons. The average Bonchev–Trinajstić information content (AvgIpc) is 2.62. The van der Waals surface area contributed by atoms with Crippen LogP contribution in [0.15, 0.2) is 42.5 Å². The summed E-state index contributed by atoms with van der Waals surface area (Å²) in [6, 6.07) is 16.0. The van der Waals surface area contributed by atoms with Gasteiger partial charge in [0.2, 0.25) is 0 Å². The molecule has 2 aromatic carbocycles. The molecular formula is C23H36AsCl. The first-order valence-electron chi connectivity index (χ1n) is 10.1. The Labute approximate surface area is 166 Å². The van der Waals surface area contributed by atoms with E-state index < -0.39 is 14.7 Å². The molecule has 0 bridgehead atoms. The van der Waals surface area contributed by atoms with E-state index in [1.807, 2.05) is 0 Å². The predicted octanol–water partition coefficient (Wildman–Crippen LogP) is 7.51. The zero-order chi connectivity index (χ0) is 17.0. The van der Waals surface area contributed by atoms with Gasteiger partial charge in [-0.3, -0.25) is 0 Å². The van der Waals surface area contributed by atoms with E-state index in [1.54, 1.807) is 4.35 Å². The van der Waals surface area contributed by atoms with Gasteiger partial charge < -0.3 is 0 Å². The Morgan fingerprint density at radius 2 is 1.28 bits per heavy atom. The fourth-order valence-electron chi connectivity index (χ4n) is 3.54. The van der Waals surface area contributed by atoms with Gasteiger partial charge in [0.15, 0.2) is 0 Å². The molecule has 0 spiro atoms. The number of benzene rings is 2. The molecule has 0 fully saturated rings. The fraction of sp³-hybridized carbons (Fsp3) is 0.565. The number of unbranched alkanes of at least 4 members (excludes halogenated alkanes) is 7. The monoisotopic (exact) mass is 422 g/mol. The van der Waals surface area contributed by atoms with Crippen molar-refractivity contribution in [2.24, 2.45) is 0 Å². The van der Waals surface area contributed by atoms with Gasteiger partial charge in [-0.2, -0.15) is 0 Å². The van der Waals surface area contributed by atoms with Crippen molar-refractivity contribution in [1.29, 1.82) is 0 Å². The SMILES string of the molecule is CCCCCCCCCC[As](CCC)c1cccc2ccccc12.Cl. The van der Waals surface area contributed by atoms with E-state index in [1.165, 1.54) is 79.0 Å². The molecule has 2 rings (SSSR count). The molecule has 0 saturated heterocycles. The molecule has 25 heavy (non-hydrogen) atoms. The van der Waals surface area contributed by atoms with Crippen LogP contribution < -0.4 is 4.35 Å². The summed E-state index contributed by atoms with van der Waals surface area (Å²) in [5.41, 5.74) is 0. The van der Waals surface area contributed by atoms with E-state index in [2.05, 4.69) is 56.3 Å². The Morgan fingerprint density at radius 3 is 2.00 bits per heavy atom. The Bertz CT molecular complexity index is 576. The molecule has 0 N–H and O–H groups in total. The molecule has 0 aliphatic heterocycles. The molecule has 1 unspecified atom stereocenters. The van der Waals surface area contributed by atoms with Gasteiger partial charge in [-0.05, 0) is 0 Å². The van der Waals surface area contributed by atoms with Crippen molar-refractivity contribution in [2.45, 2.75) is 82.1 Å². The summed E-state index contributed by atoms with van der Waals surface area (Å²) in [5, 5.41) is 5.94. The van der Waals surface area contributed by atoms with Crippen LogP contribution in [-0.4, -0.2) is 14.7 Å². The van der Waals surface area contributed by atoms with Crippen molar-refractivity contribution < 1.29 is 0 Å². The van der Waals surface area contributed by atoms with E-state index in [9.17, 15) is 0 Å². The molecular weight excluding hydrogens is 387 g/mol. The first-order valence-corrected chi connectivity index (χ1v) is 13.7. The molecule has 0 saturated carbocycles. The van der Waals surface area contributed by atoms with E-state index in [0.717, 1.165) is 0 Å². The van der Waals surface area contributed by atoms with E-state index in [4.69, 9.17) is 0 Å². The van der Waals surface area contributed by atoms with Crippen LogP contribution in [0.5, 0.6) is 0 Å². The molecule has 1 atom stereocenters. The minimum Gasteiger partial charge on any atom is -0.147 e. The van der Waals surface area contributed by atoms with Gasteiger partial charge in [0.1, 0.15) is 0 Å². The third kappa shape index (κ3) is 7.76. The molecule has 140 valence electrons. The summed E-state index contributed by atoms with van der Waals surface area (Å²) in [4.78, 5) is 0. The Kier molecular flexibility index (Phi) is 12.4. The summed E-state index contributed by atoms with van der Waals surface area (Å²) in [6.45, 7) is 4.66. The van der Waals surface area contributed by atoms with Gasteiger partial charge in [0.25, 0.3) is 0 Å². The van der Waals surface area contributed by atoms with Gasteiger partial charge in [-0.1, -0.05) is 0 Å². The number of rotatable bonds is 12. The Balaban J connectivity index is 0.00000312. The number of hydrogen-bond acceptors (Lipinski definition) is 0. The summed E-state index contributed by atoms with van der Waals surface area (Å²) in [7, 11) is 0. The number of hydrogen-bond donors (Lipinski definition) is 0. The van der Waals surface area contributed by atoms with Crippen LogP contribution in [0, 0.1) is 0 Å². The van der Waals surface area contributed by atoms with Crippen LogP contribution in [0.2, 0.25) is 10.4 Å². The second-order valence-corrected chi connectivity index (χ2v) is 12.1. The molecule has 0 heterocycles. The molecule has 0 aliphatic rings. The van der Waals surface area contributed by atoms with Gasteiger partial charge in [0, 0.05) is 0 Å². The number of fused-ring (bicyclic) bond motifs is 1. The topological polar surface area (TPSA) is 0 Å². The first-order chi connectivity index (χ1) is 11.9. The second-order valence-electron chi connectivity index (χ2n) is 6.96. The van der Waals surface area contributed by atoms with Crippen LogP contribution in [0.25, 0.3) is 10.8 Å². The van der Waals surface area contributed by atoms with Crippen LogP contribution in [0.1, 0.15) is 71.6 Å². The smallest absolute Gasteiger partial charge is 0.147 e. The molecule has 0 amide bonds. The maximum Gasteiger partial charge on any atom is -0.147 e. The Morgan fingerprint density at radius 1 is 0.640 bits per heavy atom. The van der Waals surface area contributed by atoms with Gasteiger partial charge in [-0.15, -0.1) is 12.4 Å². The maximum absolute atomic E-state index is 2.43. The fourth-order valence-corrected chi connectivity index (χ4v) is 9.19. The van der Waals surface area contributed by atoms with Crippen molar-refractivity contribution in [3.05, 3.63) is 42.5 Å². The van der Waals surface area contributed by atoms with E-state index in [-0.39, 0.29) is 12.4 Å². The molecule has 0 aromatic heterocycles. The molecule has 2 aromatic rings. The van der Waals surface area contributed by atoms with Crippen LogP contribution in [0.3, 0.4) is 0 Å². The maximum atomic E-state index is 2.43. The van der Waals surface area contributed by atoms with E-state index >= 15 is 0 Å². The Hall–Kier alpha value is -0.452. The quantitative estimate of drug-likeness (QED) is 0.245. The predicted molar refractivity (Wildman–Crippen MR) is 119 cm³/mol. The van der Waals surface area contributed by atoms with E-state index in [0.29, 0.717) is 0 Å². The summed E-state index contributed by atoms with van der Waals surface area (Å²) in [5.74, 6) is 0. The molecule has 0 nitrogen and oxygen atoms in total. The minimum atomic E-state index is -0.890. The third-order valence-electron chi connectivity index (χ3n) is 4.88. The standard InChI is InChI=1S/C23H35As.ClH/c1-3-5-6-7-8-9-10-13-20-24(19-4-2)23-18-14-16-21-15-11-12-17-22(21)23;/h11-12,14-18H,3-10,13,19-20H2,1-2H3;1H. The minimum absolute atomic E-state index is 0. The average molecular weight is 423 g/mol. The van der Waals surface area contributed by atoms with Gasteiger partial charge in [0.05, 0.1) is 0 Å². The van der Waals surface area contributed by atoms with Crippen LogP contribution in [0.4, 0.5) is 0 Å². The van der Waals surface area contributed by atoms with Crippen LogP contribution >= 0.6 is 12.4 Å². The zero-order valence-corrected chi connectivity index (χ0v) is 18.9. The largest absolute Gasteiger partial charge is 0.147 e.